The molecule has 1 heterocycles. The Morgan fingerprint density at radius 2 is 1.84 bits per heavy atom. The summed E-state index contributed by atoms with van der Waals surface area (Å²) < 4.78 is 44.7. The molecular weight excluding hydrogens is 283 g/mol. The molecule has 1 aromatic heterocycles. The maximum Gasteiger partial charge on any atom is 0.258 e. The minimum atomic E-state index is -1.05. The van der Waals surface area contributed by atoms with Gasteiger partial charge >= 0.3 is 0 Å². The molecule has 0 aliphatic heterocycles. The number of benzene rings is 1. The summed E-state index contributed by atoms with van der Waals surface area (Å²) in [6.07, 6.45) is 0. The molecule has 0 amide bonds. The molecule has 0 bridgehead atoms. The fourth-order valence-electron chi connectivity index (χ4n) is 1.27. The molecule has 0 saturated heterocycles. The second-order valence-corrected chi connectivity index (χ2v) is 3.84. The van der Waals surface area contributed by atoms with Gasteiger partial charge in [0.05, 0.1) is 5.02 Å². The van der Waals surface area contributed by atoms with Crippen molar-refractivity contribution in [2.24, 2.45) is 5.84 Å². The van der Waals surface area contributed by atoms with Crippen LogP contribution in [-0.4, -0.2) is 4.98 Å². The predicted octanol–water partition coefficient (Wildman–Crippen LogP) is 3.23. The monoisotopic (exact) mass is 289 g/mol. The van der Waals surface area contributed by atoms with Crippen molar-refractivity contribution in [3.05, 3.63) is 46.7 Å². The Labute approximate surface area is 110 Å². The molecule has 0 aliphatic rings. The van der Waals surface area contributed by atoms with E-state index in [0.29, 0.717) is 6.07 Å². The average molecular weight is 290 g/mol. The van der Waals surface area contributed by atoms with Crippen molar-refractivity contribution < 1.29 is 17.9 Å². The summed E-state index contributed by atoms with van der Waals surface area (Å²) in [5.74, 6) is 1.25. The lowest BCUT2D eigenvalue weighted by Crippen LogP contribution is -2.11. The molecule has 0 atom stereocenters. The van der Waals surface area contributed by atoms with Crippen molar-refractivity contribution in [1.82, 2.24) is 4.98 Å². The zero-order valence-electron chi connectivity index (χ0n) is 9.25. The molecular formula is C11H7ClF3N3O. The molecule has 19 heavy (non-hydrogen) atoms. The van der Waals surface area contributed by atoms with Gasteiger partial charge in [-0.1, -0.05) is 11.6 Å². The third kappa shape index (κ3) is 2.88. The van der Waals surface area contributed by atoms with Crippen molar-refractivity contribution in [2.45, 2.75) is 0 Å². The second-order valence-electron chi connectivity index (χ2n) is 3.43. The highest BCUT2D eigenvalue weighted by Crippen LogP contribution is 2.27. The maximum atomic E-state index is 13.4. The Kier molecular flexibility index (Phi) is 3.77. The zero-order valence-corrected chi connectivity index (χ0v) is 10.0. The number of anilines is 1. The van der Waals surface area contributed by atoms with Crippen LogP contribution in [0.1, 0.15) is 0 Å². The lowest BCUT2D eigenvalue weighted by molar-refractivity contribution is 0.415. The van der Waals surface area contributed by atoms with Crippen LogP contribution in [0.2, 0.25) is 5.02 Å². The van der Waals surface area contributed by atoms with Gasteiger partial charge in [-0.2, -0.15) is 4.98 Å². The number of aromatic nitrogens is 1. The van der Waals surface area contributed by atoms with E-state index < -0.39 is 29.1 Å². The van der Waals surface area contributed by atoms with Gasteiger partial charge in [-0.3, -0.25) is 0 Å². The van der Waals surface area contributed by atoms with Crippen molar-refractivity contribution in [2.75, 3.05) is 5.43 Å². The average Bonchev–Trinajstić information content (AvgIpc) is 2.37. The Balaban J connectivity index is 2.34. The first-order valence-corrected chi connectivity index (χ1v) is 5.34. The highest BCUT2D eigenvalue weighted by molar-refractivity contribution is 6.30. The first kappa shape index (κ1) is 13.4. The van der Waals surface area contributed by atoms with Crippen LogP contribution in [-0.2, 0) is 0 Å². The van der Waals surface area contributed by atoms with E-state index in [0.717, 1.165) is 6.07 Å². The summed E-state index contributed by atoms with van der Waals surface area (Å²) in [4.78, 5) is 3.47. The molecule has 4 nitrogen and oxygen atoms in total. The van der Waals surface area contributed by atoms with Gasteiger partial charge in [0.25, 0.3) is 5.88 Å². The van der Waals surface area contributed by atoms with E-state index in [1.165, 1.54) is 12.1 Å². The molecule has 0 aliphatic carbocycles. The minimum Gasteiger partial charge on any atom is -0.436 e. The van der Waals surface area contributed by atoms with Gasteiger partial charge in [0, 0.05) is 12.1 Å². The Hall–Kier alpha value is -1.99. The summed E-state index contributed by atoms with van der Waals surface area (Å²) >= 11 is 5.49. The van der Waals surface area contributed by atoms with Crippen molar-refractivity contribution in [1.29, 1.82) is 0 Å². The van der Waals surface area contributed by atoms with Crippen LogP contribution in [0.15, 0.2) is 24.3 Å². The number of hydrogen-bond acceptors (Lipinski definition) is 4. The van der Waals surface area contributed by atoms with Crippen LogP contribution in [0.5, 0.6) is 11.6 Å². The number of pyridine rings is 1. The van der Waals surface area contributed by atoms with E-state index in [1.54, 1.807) is 0 Å². The SMILES string of the molecule is NNc1nc(Oc2ccc(Cl)c(F)c2)c(F)cc1F. The second kappa shape index (κ2) is 5.33. The van der Waals surface area contributed by atoms with Crippen LogP contribution >= 0.6 is 11.6 Å². The highest BCUT2D eigenvalue weighted by Gasteiger charge is 2.14. The van der Waals surface area contributed by atoms with Crippen LogP contribution in [0, 0.1) is 17.5 Å². The minimum absolute atomic E-state index is 0.0390. The fourth-order valence-corrected chi connectivity index (χ4v) is 1.39. The topological polar surface area (TPSA) is 60.2 Å². The number of nitrogen functional groups attached to an aromatic ring is 1. The van der Waals surface area contributed by atoms with Gasteiger partial charge in [0.2, 0.25) is 0 Å². The number of ether oxygens (including phenoxy) is 1. The van der Waals surface area contributed by atoms with Gasteiger partial charge in [-0.15, -0.1) is 0 Å². The molecule has 8 heteroatoms. The largest absolute Gasteiger partial charge is 0.436 e. The highest BCUT2D eigenvalue weighted by atomic mass is 35.5. The summed E-state index contributed by atoms with van der Waals surface area (Å²) in [7, 11) is 0. The van der Waals surface area contributed by atoms with Gasteiger partial charge in [0.1, 0.15) is 11.6 Å². The molecule has 0 radical (unpaired) electrons. The summed E-state index contributed by atoms with van der Waals surface area (Å²) in [6, 6.07) is 4.04. The third-order valence-electron chi connectivity index (χ3n) is 2.14. The molecule has 0 unspecified atom stereocenters. The molecule has 2 rings (SSSR count). The first-order valence-electron chi connectivity index (χ1n) is 4.97. The van der Waals surface area contributed by atoms with Crippen molar-refractivity contribution in [3.63, 3.8) is 0 Å². The normalized spacial score (nSPS) is 10.4. The van der Waals surface area contributed by atoms with Gasteiger partial charge in [0.15, 0.2) is 17.5 Å². The maximum absolute atomic E-state index is 13.4. The number of nitrogens with two attached hydrogens (primary N) is 1. The summed E-state index contributed by atoms with van der Waals surface area (Å²) in [5, 5.41) is -0.107. The molecule has 0 fully saturated rings. The lowest BCUT2D eigenvalue weighted by Gasteiger charge is -2.08. The first-order chi connectivity index (χ1) is 9.01. The quantitative estimate of drug-likeness (QED) is 0.673. The lowest BCUT2D eigenvalue weighted by atomic mass is 10.3. The van der Waals surface area contributed by atoms with E-state index in [9.17, 15) is 13.2 Å². The van der Waals surface area contributed by atoms with Crippen molar-refractivity contribution >= 4 is 17.4 Å². The number of nitrogens with one attached hydrogen (secondary N) is 1. The van der Waals surface area contributed by atoms with E-state index in [4.69, 9.17) is 22.2 Å². The van der Waals surface area contributed by atoms with E-state index in [-0.39, 0.29) is 10.8 Å². The third-order valence-corrected chi connectivity index (χ3v) is 2.45. The van der Waals surface area contributed by atoms with Crippen LogP contribution in [0.25, 0.3) is 0 Å². The molecule has 100 valence electrons. The number of hydrazine groups is 1. The van der Waals surface area contributed by atoms with Crippen LogP contribution in [0.4, 0.5) is 19.0 Å². The van der Waals surface area contributed by atoms with Crippen molar-refractivity contribution in [3.8, 4) is 11.6 Å². The van der Waals surface area contributed by atoms with Crippen LogP contribution in [0.3, 0.4) is 0 Å². The molecule has 3 N–H and O–H groups in total. The predicted molar refractivity (Wildman–Crippen MR) is 63.4 cm³/mol. The number of hydrogen-bond donors (Lipinski definition) is 2. The molecule has 0 spiro atoms. The van der Waals surface area contributed by atoms with E-state index in [1.807, 2.05) is 5.43 Å². The van der Waals surface area contributed by atoms with E-state index >= 15 is 0 Å². The molecule has 2 aromatic rings. The molecule has 0 saturated carbocycles. The smallest absolute Gasteiger partial charge is 0.258 e. The Bertz CT molecular complexity index is 624. The number of nitrogens with zero attached hydrogens (tertiary/aromatic N) is 1. The molecule has 1 aromatic carbocycles. The fraction of sp³-hybridized carbons (Fsp3) is 0. The standard InChI is InChI=1S/C11H7ClF3N3O/c12-6-2-1-5(3-7(6)13)19-11-9(15)4-8(14)10(17-11)18-16/h1-4H,16H2,(H,17,18). The van der Waals surface area contributed by atoms with Gasteiger partial charge in [-0.05, 0) is 12.1 Å². The summed E-state index contributed by atoms with van der Waals surface area (Å²) in [6.45, 7) is 0. The zero-order chi connectivity index (χ0) is 14.0. The van der Waals surface area contributed by atoms with Gasteiger partial charge in [-0.25, -0.2) is 19.0 Å². The van der Waals surface area contributed by atoms with Gasteiger partial charge < -0.3 is 10.2 Å². The Morgan fingerprint density at radius 1 is 1.11 bits per heavy atom. The van der Waals surface area contributed by atoms with E-state index in [2.05, 4.69) is 4.98 Å². The Morgan fingerprint density at radius 3 is 2.47 bits per heavy atom. The number of rotatable bonds is 3. The van der Waals surface area contributed by atoms with Crippen LogP contribution < -0.4 is 16.0 Å². The summed E-state index contributed by atoms with van der Waals surface area (Å²) in [5.41, 5.74) is 1.94. The number of halogens is 4.